The van der Waals surface area contributed by atoms with E-state index in [4.69, 9.17) is 0 Å². The van der Waals surface area contributed by atoms with E-state index < -0.39 is 0 Å². The second-order valence-corrected chi connectivity index (χ2v) is 4.84. The minimum atomic E-state index is 0.543. The fraction of sp³-hybridized carbons (Fsp3) is 0.429. The zero-order chi connectivity index (χ0) is 12.4. The van der Waals surface area contributed by atoms with Crippen LogP contribution in [0.5, 0.6) is 0 Å². The van der Waals surface area contributed by atoms with Crippen LogP contribution in [0.25, 0.3) is 0 Å². The molecule has 1 fully saturated rings. The summed E-state index contributed by atoms with van der Waals surface area (Å²) in [6.45, 7) is 4.15. The summed E-state index contributed by atoms with van der Waals surface area (Å²) in [4.78, 5) is 6.96. The Morgan fingerprint density at radius 3 is 2.67 bits per heavy atom. The highest BCUT2D eigenvalue weighted by Crippen LogP contribution is 2.24. The van der Waals surface area contributed by atoms with Crippen LogP contribution >= 0.6 is 0 Å². The van der Waals surface area contributed by atoms with E-state index in [0.29, 0.717) is 6.04 Å². The Kier molecular flexibility index (Phi) is 3.00. The number of anilines is 1. The first kappa shape index (κ1) is 11.3. The largest absolute Gasteiger partial charge is 0.356 e. The molecule has 18 heavy (non-hydrogen) atoms. The molecule has 4 heteroatoms. The smallest absolute Gasteiger partial charge is 0.128 e. The summed E-state index contributed by atoms with van der Waals surface area (Å²) in [5.41, 5.74) is 1.08. The van der Waals surface area contributed by atoms with Crippen LogP contribution in [0.1, 0.15) is 24.6 Å². The highest BCUT2D eigenvalue weighted by atomic mass is 15.3. The van der Waals surface area contributed by atoms with Crippen LogP contribution in [0.4, 0.5) is 5.82 Å². The molecule has 2 aromatic heterocycles. The van der Waals surface area contributed by atoms with Crippen LogP contribution in [0.3, 0.4) is 0 Å². The molecule has 0 saturated carbocycles. The molecule has 4 nitrogen and oxygen atoms in total. The Hall–Kier alpha value is -1.84. The van der Waals surface area contributed by atoms with Crippen LogP contribution < -0.4 is 4.90 Å². The molecule has 0 amide bonds. The second kappa shape index (κ2) is 4.80. The highest BCUT2D eigenvalue weighted by molar-refractivity contribution is 5.39. The molecule has 1 aliphatic heterocycles. The predicted molar refractivity (Wildman–Crippen MR) is 71.7 cm³/mol. The third kappa shape index (κ3) is 2.23. The molecule has 3 rings (SSSR count). The molecule has 1 aliphatic rings. The number of aromatic nitrogens is 3. The third-order valence-electron chi connectivity index (χ3n) is 3.56. The number of hydrogen-bond donors (Lipinski definition) is 0. The Morgan fingerprint density at radius 2 is 2.00 bits per heavy atom. The number of nitrogens with zero attached hydrogens (tertiary/aromatic N) is 4. The molecule has 0 atom stereocenters. The van der Waals surface area contributed by atoms with Crippen LogP contribution in [0.15, 0.2) is 36.7 Å². The molecule has 3 heterocycles. The van der Waals surface area contributed by atoms with Crippen molar-refractivity contribution in [1.29, 1.82) is 0 Å². The summed E-state index contributed by atoms with van der Waals surface area (Å²) in [6, 6.07) is 8.76. The summed E-state index contributed by atoms with van der Waals surface area (Å²) in [6.07, 6.45) is 6.19. The molecule has 0 N–H and O–H groups in total. The van der Waals surface area contributed by atoms with Gasteiger partial charge in [-0.2, -0.15) is 5.10 Å². The molecule has 0 unspecified atom stereocenters. The summed E-state index contributed by atoms with van der Waals surface area (Å²) in [5.74, 6) is 1.11. The Labute approximate surface area is 107 Å². The van der Waals surface area contributed by atoms with Crippen LogP contribution in [0, 0.1) is 6.92 Å². The van der Waals surface area contributed by atoms with Gasteiger partial charge in [-0.3, -0.25) is 4.68 Å². The molecule has 2 aromatic rings. The van der Waals surface area contributed by atoms with Crippen molar-refractivity contribution in [3.8, 4) is 0 Å². The minimum Gasteiger partial charge on any atom is -0.356 e. The monoisotopic (exact) mass is 242 g/mol. The maximum absolute atomic E-state index is 4.59. The molecule has 94 valence electrons. The van der Waals surface area contributed by atoms with Crippen molar-refractivity contribution >= 4 is 5.82 Å². The Bertz CT molecular complexity index is 498. The lowest BCUT2D eigenvalue weighted by molar-refractivity contribution is 0.366. The van der Waals surface area contributed by atoms with E-state index in [1.807, 2.05) is 25.3 Å². The lowest BCUT2D eigenvalue weighted by atomic mass is 10.1. The standard InChI is InChI=1S/C14H18N4/c1-12-4-2-5-14(16-12)17-10-6-13(7-11-17)18-9-3-8-15-18/h2-5,8-9,13H,6-7,10-11H2,1H3. The molecule has 0 radical (unpaired) electrons. The number of hydrogen-bond acceptors (Lipinski definition) is 3. The molecule has 0 aromatic carbocycles. The summed E-state index contributed by atoms with van der Waals surface area (Å²) >= 11 is 0. The molecular formula is C14H18N4. The Balaban J connectivity index is 1.67. The fourth-order valence-electron chi connectivity index (χ4n) is 2.56. The lowest BCUT2D eigenvalue weighted by Gasteiger charge is -2.33. The second-order valence-electron chi connectivity index (χ2n) is 4.84. The number of rotatable bonds is 2. The molecule has 0 aliphatic carbocycles. The van der Waals surface area contributed by atoms with Gasteiger partial charge in [0.1, 0.15) is 5.82 Å². The van der Waals surface area contributed by atoms with Crippen molar-refractivity contribution in [2.45, 2.75) is 25.8 Å². The van der Waals surface area contributed by atoms with Gasteiger partial charge < -0.3 is 4.90 Å². The van der Waals surface area contributed by atoms with Crippen LogP contribution in [-0.4, -0.2) is 27.9 Å². The van der Waals surface area contributed by atoms with E-state index in [2.05, 4.69) is 38.0 Å². The van der Waals surface area contributed by atoms with Crippen molar-refractivity contribution in [2.24, 2.45) is 0 Å². The molecule has 1 saturated heterocycles. The zero-order valence-corrected chi connectivity index (χ0v) is 10.7. The van der Waals surface area contributed by atoms with Gasteiger partial charge in [0.15, 0.2) is 0 Å². The topological polar surface area (TPSA) is 34.0 Å². The van der Waals surface area contributed by atoms with Gasteiger partial charge >= 0.3 is 0 Å². The fourth-order valence-corrected chi connectivity index (χ4v) is 2.56. The first-order valence-electron chi connectivity index (χ1n) is 6.51. The molecular weight excluding hydrogens is 224 g/mol. The normalized spacial score (nSPS) is 17.1. The van der Waals surface area contributed by atoms with Gasteiger partial charge in [0.25, 0.3) is 0 Å². The zero-order valence-electron chi connectivity index (χ0n) is 10.7. The maximum atomic E-state index is 4.59. The Morgan fingerprint density at radius 1 is 1.17 bits per heavy atom. The van der Waals surface area contributed by atoms with Crippen molar-refractivity contribution in [1.82, 2.24) is 14.8 Å². The van der Waals surface area contributed by atoms with Gasteiger partial charge in [0.2, 0.25) is 0 Å². The molecule has 0 bridgehead atoms. The first-order valence-corrected chi connectivity index (χ1v) is 6.51. The van der Waals surface area contributed by atoms with Gasteiger partial charge in [0, 0.05) is 31.2 Å². The predicted octanol–water partition coefficient (Wildman–Crippen LogP) is 2.43. The summed E-state index contributed by atoms with van der Waals surface area (Å²) in [5, 5.41) is 4.33. The van der Waals surface area contributed by atoms with Crippen molar-refractivity contribution in [2.75, 3.05) is 18.0 Å². The van der Waals surface area contributed by atoms with Gasteiger partial charge in [-0.25, -0.2) is 4.98 Å². The van der Waals surface area contributed by atoms with Crippen LogP contribution in [-0.2, 0) is 0 Å². The first-order chi connectivity index (χ1) is 8.83. The number of pyridine rings is 1. The van der Waals surface area contributed by atoms with Gasteiger partial charge in [-0.05, 0) is 38.0 Å². The van der Waals surface area contributed by atoms with Crippen LogP contribution in [0.2, 0.25) is 0 Å². The van der Waals surface area contributed by atoms with E-state index in [-0.39, 0.29) is 0 Å². The lowest BCUT2D eigenvalue weighted by Crippen LogP contribution is -2.35. The van der Waals surface area contributed by atoms with Crippen molar-refractivity contribution < 1.29 is 0 Å². The summed E-state index contributed by atoms with van der Waals surface area (Å²) < 4.78 is 2.08. The van der Waals surface area contributed by atoms with E-state index in [1.165, 1.54) is 0 Å². The van der Waals surface area contributed by atoms with Gasteiger partial charge in [-0.1, -0.05) is 6.07 Å². The van der Waals surface area contributed by atoms with E-state index in [0.717, 1.165) is 37.4 Å². The van der Waals surface area contributed by atoms with E-state index in [9.17, 15) is 0 Å². The van der Waals surface area contributed by atoms with E-state index >= 15 is 0 Å². The summed E-state index contributed by atoms with van der Waals surface area (Å²) in [7, 11) is 0. The number of aryl methyl sites for hydroxylation is 1. The average Bonchev–Trinajstić information content (AvgIpc) is 2.93. The SMILES string of the molecule is Cc1cccc(N2CCC(n3cccn3)CC2)n1. The highest BCUT2D eigenvalue weighted by Gasteiger charge is 2.21. The third-order valence-corrected chi connectivity index (χ3v) is 3.56. The van der Waals surface area contributed by atoms with Crippen molar-refractivity contribution in [3.63, 3.8) is 0 Å². The maximum Gasteiger partial charge on any atom is 0.128 e. The van der Waals surface area contributed by atoms with Crippen molar-refractivity contribution in [3.05, 3.63) is 42.4 Å². The average molecular weight is 242 g/mol. The van der Waals surface area contributed by atoms with Gasteiger partial charge in [-0.15, -0.1) is 0 Å². The minimum absolute atomic E-state index is 0.543. The quantitative estimate of drug-likeness (QED) is 0.811. The molecule has 0 spiro atoms. The number of piperidine rings is 1. The van der Waals surface area contributed by atoms with E-state index in [1.54, 1.807) is 0 Å². The van der Waals surface area contributed by atoms with Gasteiger partial charge in [0.05, 0.1) is 6.04 Å².